The smallest absolute Gasteiger partial charge is 0.139 e. The number of rotatable bonds is 6. The van der Waals surface area contributed by atoms with Gasteiger partial charge in [0, 0.05) is 7.11 Å². The van der Waals surface area contributed by atoms with Crippen LogP contribution in [0.2, 0.25) is 0 Å². The monoisotopic (exact) mass is 231 g/mol. The van der Waals surface area contributed by atoms with Gasteiger partial charge in [-0.25, -0.2) is 4.21 Å². The Morgan fingerprint density at radius 1 is 1.20 bits per heavy atom. The molecule has 0 aliphatic heterocycles. The number of methoxy groups -OCH3 is 1. The predicted octanol–water partition coefficient (Wildman–Crippen LogP) is 0.885. The summed E-state index contributed by atoms with van der Waals surface area (Å²) >= 11 is -2.54. The zero-order valence-corrected chi connectivity index (χ0v) is 8.99. The summed E-state index contributed by atoms with van der Waals surface area (Å²) in [5.41, 5.74) is 0. The maximum Gasteiger partial charge on any atom is 0.139 e. The first-order valence-electron chi connectivity index (χ1n) is 4.22. The molecule has 0 bridgehead atoms. The molecule has 0 spiro atoms. The molecule has 1 aromatic rings. The first-order chi connectivity index (χ1) is 7.22. The quantitative estimate of drug-likeness (QED) is 0.537. The molecule has 1 atom stereocenters. The summed E-state index contributed by atoms with van der Waals surface area (Å²) in [6.07, 6.45) is 0. The average molecular weight is 231 g/mol. The van der Waals surface area contributed by atoms with Crippen LogP contribution in [-0.4, -0.2) is 29.1 Å². The molecule has 0 fully saturated rings. The SMILES string of the molecule is COCCOc1ccc(OS(=O)[O-])cc1. The third-order valence-electron chi connectivity index (χ3n) is 1.54. The van der Waals surface area contributed by atoms with Gasteiger partial charge < -0.3 is 18.2 Å². The van der Waals surface area contributed by atoms with Gasteiger partial charge in [0.2, 0.25) is 0 Å². The Kier molecular flexibility index (Phi) is 5.09. The highest BCUT2D eigenvalue weighted by Crippen LogP contribution is 2.17. The molecule has 1 aromatic carbocycles. The fourth-order valence-corrected chi connectivity index (χ4v) is 1.18. The van der Waals surface area contributed by atoms with Gasteiger partial charge in [-0.3, -0.25) is 0 Å². The van der Waals surface area contributed by atoms with E-state index in [1.165, 1.54) is 12.1 Å². The third kappa shape index (κ3) is 4.78. The lowest BCUT2D eigenvalue weighted by Crippen LogP contribution is -2.04. The van der Waals surface area contributed by atoms with Gasteiger partial charge in [-0.1, -0.05) is 0 Å². The highest BCUT2D eigenvalue weighted by atomic mass is 32.2. The van der Waals surface area contributed by atoms with E-state index in [0.717, 1.165) is 0 Å². The van der Waals surface area contributed by atoms with E-state index >= 15 is 0 Å². The van der Waals surface area contributed by atoms with Crippen LogP contribution < -0.4 is 8.92 Å². The van der Waals surface area contributed by atoms with Crippen LogP contribution in [0.1, 0.15) is 0 Å². The van der Waals surface area contributed by atoms with Crippen LogP contribution in [0.25, 0.3) is 0 Å². The Labute approximate surface area is 90.5 Å². The van der Waals surface area contributed by atoms with Gasteiger partial charge in [0.15, 0.2) is 0 Å². The number of hydrogen-bond donors (Lipinski definition) is 0. The highest BCUT2D eigenvalue weighted by molar-refractivity contribution is 7.74. The van der Waals surface area contributed by atoms with Gasteiger partial charge in [0.25, 0.3) is 0 Å². The minimum Gasteiger partial charge on any atom is -0.740 e. The maximum absolute atomic E-state index is 10.2. The molecule has 0 radical (unpaired) electrons. The van der Waals surface area contributed by atoms with Crippen LogP contribution in [0.3, 0.4) is 0 Å². The molecule has 84 valence electrons. The first kappa shape index (κ1) is 12.0. The predicted molar refractivity (Wildman–Crippen MR) is 53.4 cm³/mol. The van der Waals surface area contributed by atoms with Gasteiger partial charge in [-0.05, 0) is 24.3 Å². The van der Waals surface area contributed by atoms with E-state index in [2.05, 4.69) is 4.18 Å². The second-order valence-corrected chi connectivity index (χ2v) is 3.18. The van der Waals surface area contributed by atoms with E-state index in [0.29, 0.717) is 19.0 Å². The summed E-state index contributed by atoms with van der Waals surface area (Å²) in [6, 6.07) is 6.27. The number of hydrogen-bond acceptors (Lipinski definition) is 5. The second kappa shape index (κ2) is 6.39. The standard InChI is InChI=1S/C9H12O5S/c1-12-6-7-13-8-2-4-9(5-3-8)14-15(10)11/h2-5H,6-7H2,1H3,(H,10,11)/p-1. The van der Waals surface area contributed by atoms with Crippen LogP contribution in [0.4, 0.5) is 0 Å². The van der Waals surface area contributed by atoms with E-state index in [1.807, 2.05) is 0 Å². The third-order valence-corrected chi connectivity index (χ3v) is 1.87. The van der Waals surface area contributed by atoms with Crippen LogP contribution in [0.5, 0.6) is 11.5 Å². The molecule has 5 nitrogen and oxygen atoms in total. The molecule has 0 saturated heterocycles. The molecule has 15 heavy (non-hydrogen) atoms. The molecule has 0 aliphatic carbocycles. The maximum atomic E-state index is 10.2. The molecule has 0 aromatic heterocycles. The van der Waals surface area contributed by atoms with Gasteiger partial charge >= 0.3 is 0 Å². The lowest BCUT2D eigenvalue weighted by Gasteiger charge is -2.08. The molecule has 6 heteroatoms. The number of ether oxygens (including phenoxy) is 2. The summed E-state index contributed by atoms with van der Waals surface area (Å²) < 4.78 is 34.9. The molecule has 0 aliphatic rings. The lowest BCUT2D eigenvalue weighted by molar-refractivity contribution is 0.146. The summed E-state index contributed by atoms with van der Waals surface area (Å²) in [5, 5.41) is 0. The van der Waals surface area contributed by atoms with Gasteiger partial charge in [0.05, 0.1) is 6.61 Å². The number of benzene rings is 1. The van der Waals surface area contributed by atoms with Crippen molar-refractivity contribution in [1.82, 2.24) is 0 Å². The van der Waals surface area contributed by atoms with Crippen molar-refractivity contribution >= 4 is 11.4 Å². The van der Waals surface area contributed by atoms with E-state index in [4.69, 9.17) is 9.47 Å². The molecule has 0 amide bonds. The van der Waals surface area contributed by atoms with Crippen molar-refractivity contribution in [2.45, 2.75) is 0 Å². The molecule has 1 unspecified atom stereocenters. The molecular formula is C9H11O5S-. The van der Waals surface area contributed by atoms with Gasteiger partial charge in [0.1, 0.15) is 29.5 Å². The van der Waals surface area contributed by atoms with Crippen LogP contribution in [0, 0.1) is 0 Å². The van der Waals surface area contributed by atoms with Crippen molar-refractivity contribution in [1.29, 1.82) is 0 Å². The largest absolute Gasteiger partial charge is 0.740 e. The molecule has 0 N–H and O–H groups in total. The normalized spacial score (nSPS) is 12.1. The summed E-state index contributed by atoms with van der Waals surface area (Å²) in [6.45, 7) is 0.951. The Balaban J connectivity index is 2.45. The highest BCUT2D eigenvalue weighted by Gasteiger charge is 1.96. The van der Waals surface area contributed by atoms with Crippen molar-refractivity contribution in [2.24, 2.45) is 0 Å². The van der Waals surface area contributed by atoms with Crippen LogP contribution in [-0.2, 0) is 16.1 Å². The van der Waals surface area contributed by atoms with Gasteiger partial charge in [-0.2, -0.15) is 0 Å². The zero-order chi connectivity index (χ0) is 11.1. The van der Waals surface area contributed by atoms with Crippen molar-refractivity contribution in [3.05, 3.63) is 24.3 Å². The molecule has 1 rings (SSSR count). The van der Waals surface area contributed by atoms with Crippen molar-refractivity contribution < 1.29 is 22.4 Å². The van der Waals surface area contributed by atoms with E-state index in [9.17, 15) is 8.76 Å². The fraction of sp³-hybridized carbons (Fsp3) is 0.333. The van der Waals surface area contributed by atoms with Crippen molar-refractivity contribution in [2.75, 3.05) is 20.3 Å². The topological polar surface area (TPSA) is 67.8 Å². The van der Waals surface area contributed by atoms with Crippen molar-refractivity contribution in [3.8, 4) is 11.5 Å². The Hall–Kier alpha value is -1.11. The summed E-state index contributed by atoms with van der Waals surface area (Å²) in [4.78, 5) is 0. The van der Waals surface area contributed by atoms with Crippen LogP contribution >= 0.6 is 0 Å². The summed E-state index contributed by atoms with van der Waals surface area (Å²) in [7, 11) is 1.59. The van der Waals surface area contributed by atoms with E-state index < -0.39 is 11.4 Å². The van der Waals surface area contributed by atoms with Crippen LogP contribution in [0.15, 0.2) is 24.3 Å². The minimum absolute atomic E-state index is 0.252. The second-order valence-electron chi connectivity index (χ2n) is 2.60. The Bertz CT molecular complexity index is 311. The van der Waals surface area contributed by atoms with Crippen molar-refractivity contribution in [3.63, 3.8) is 0 Å². The van der Waals surface area contributed by atoms with E-state index in [1.54, 1.807) is 19.2 Å². The Morgan fingerprint density at radius 2 is 1.80 bits per heavy atom. The molecular weight excluding hydrogens is 220 g/mol. The lowest BCUT2D eigenvalue weighted by atomic mass is 10.3. The minimum atomic E-state index is -2.54. The molecule has 0 saturated carbocycles. The Morgan fingerprint density at radius 3 is 2.33 bits per heavy atom. The molecule has 0 heterocycles. The fourth-order valence-electron chi connectivity index (χ4n) is 0.913. The van der Waals surface area contributed by atoms with Gasteiger partial charge in [-0.15, -0.1) is 0 Å². The first-order valence-corrected chi connectivity index (χ1v) is 5.22. The van der Waals surface area contributed by atoms with E-state index in [-0.39, 0.29) is 5.75 Å². The average Bonchev–Trinajstić information content (AvgIpc) is 2.20. The summed E-state index contributed by atoms with van der Waals surface area (Å²) in [5.74, 6) is 0.888. The zero-order valence-electron chi connectivity index (χ0n) is 8.17.